The fraction of sp³-hybridized carbons (Fsp3) is 0.600. The molecule has 138 valence electrons. The average molecular weight is 352 g/mol. The van der Waals surface area contributed by atoms with Gasteiger partial charge in [0, 0.05) is 13.1 Å². The molecule has 0 bridgehead atoms. The Hall–Kier alpha value is -2.62. The zero-order valence-corrected chi connectivity index (χ0v) is 14.6. The summed E-state index contributed by atoms with van der Waals surface area (Å²) in [5.41, 5.74) is 5.05. The first-order valence-electron chi connectivity index (χ1n) is 8.13. The normalized spacial score (nSPS) is 11.8. The number of imidazole rings is 1. The van der Waals surface area contributed by atoms with Crippen LogP contribution in [-0.4, -0.2) is 49.3 Å². The number of nitrogens with one attached hydrogen (secondary N) is 2. The molecule has 0 aromatic carbocycles. The Kier molecular flexibility index (Phi) is 5.62. The number of fused-ring (bicyclic) bond motifs is 1. The lowest BCUT2D eigenvalue weighted by molar-refractivity contribution is -0.143. The summed E-state index contributed by atoms with van der Waals surface area (Å²) in [7, 11) is 0. The van der Waals surface area contributed by atoms with Crippen LogP contribution in [0.5, 0.6) is 6.01 Å². The van der Waals surface area contributed by atoms with Crippen LogP contribution in [0.1, 0.15) is 33.6 Å². The highest BCUT2D eigenvalue weighted by molar-refractivity contribution is 5.81. The van der Waals surface area contributed by atoms with E-state index in [1.807, 2.05) is 6.92 Å². The molecule has 2 heterocycles. The molecule has 0 aliphatic rings. The highest BCUT2D eigenvalue weighted by Gasteiger charge is 2.26. The van der Waals surface area contributed by atoms with Crippen molar-refractivity contribution in [3.8, 4) is 6.01 Å². The summed E-state index contributed by atoms with van der Waals surface area (Å²) in [5, 5.41) is 12.0. The smallest absolute Gasteiger partial charge is 0.327 e. The Morgan fingerprint density at radius 1 is 1.44 bits per heavy atom. The van der Waals surface area contributed by atoms with Gasteiger partial charge in [0.05, 0.1) is 6.61 Å². The highest BCUT2D eigenvalue weighted by atomic mass is 16.5. The number of nitrogens with two attached hydrogens (primary N) is 1. The van der Waals surface area contributed by atoms with Gasteiger partial charge in [-0.1, -0.05) is 13.3 Å². The van der Waals surface area contributed by atoms with Gasteiger partial charge in [0.1, 0.15) is 11.1 Å². The number of hydrogen-bond donors (Lipinski definition) is 4. The number of aromatic amines is 1. The van der Waals surface area contributed by atoms with Crippen LogP contribution in [0.25, 0.3) is 11.2 Å². The van der Waals surface area contributed by atoms with Crippen LogP contribution in [-0.2, 0) is 11.3 Å². The van der Waals surface area contributed by atoms with Gasteiger partial charge in [-0.3, -0.25) is 9.36 Å². The minimum absolute atomic E-state index is 0.116. The van der Waals surface area contributed by atoms with Crippen LogP contribution in [0.2, 0.25) is 0 Å². The molecule has 0 saturated carbocycles. The number of hydrogen-bond acceptors (Lipinski definition) is 7. The lowest BCUT2D eigenvalue weighted by Crippen LogP contribution is -2.48. The zero-order valence-electron chi connectivity index (χ0n) is 14.6. The Morgan fingerprint density at radius 2 is 2.16 bits per heavy atom. The molecule has 0 radical (unpaired) electrons. The molecule has 10 heteroatoms. The number of carboxylic acid groups (broad SMARTS) is 1. The lowest BCUT2D eigenvalue weighted by Gasteiger charge is -2.20. The summed E-state index contributed by atoms with van der Waals surface area (Å²) in [6, 6.07) is 0.116. The van der Waals surface area contributed by atoms with Crippen LogP contribution in [0, 0.1) is 0 Å². The summed E-state index contributed by atoms with van der Waals surface area (Å²) in [4.78, 5) is 34.2. The predicted octanol–water partition coefficient (Wildman–Crippen LogP) is 0.334. The number of unbranched alkanes of at least 4 members (excludes halogenated alkanes) is 1. The van der Waals surface area contributed by atoms with E-state index in [0.29, 0.717) is 17.8 Å². The minimum Gasteiger partial charge on any atom is -0.480 e. The van der Waals surface area contributed by atoms with Gasteiger partial charge >= 0.3 is 17.7 Å². The van der Waals surface area contributed by atoms with Crippen molar-refractivity contribution in [1.82, 2.24) is 24.8 Å². The molecule has 0 aliphatic heterocycles. The van der Waals surface area contributed by atoms with Crippen molar-refractivity contribution in [3.05, 3.63) is 10.5 Å². The largest absolute Gasteiger partial charge is 0.480 e. The van der Waals surface area contributed by atoms with Gasteiger partial charge < -0.3 is 25.9 Å². The summed E-state index contributed by atoms with van der Waals surface area (Å²) < 4.78 is 6.84. The molecule has 2 aromatic rings. The van der Waals surface area contributed by atoms with E-state index >= 15 is 0 Å². The fourth-order valence-corrected chi connectivity index (χ4v) is 2.17. The molecule has 0 unspecified atom stereocenters. The van der Waals surface area contributed by atoms with Crippen LogP contribution >= 0.6 is 0 Å². The molecule has 0 fully saturated rings. The summed E-state index contributed by atoms with van der Waals surface area (Å²) >= 11 is 0. The third kappa shape index (κ3) is 4.27. The third-order valence-electron chi connectivity index (χ3n) is 3.80. The maximum Gasteiger partial charge on any atom is 0.327 e. The van der Waals surface area contributed by atoms with E-state index in [0.717, 1.165) is 12.8 Å². The molecule has 25 heavy (non-hydrogen) atoms. The van der Waals surface area contributed by atoms with Crippen LogP contribution in [0.4, 0.5) is 5.82 Å². The number of aliphatic carboxylic acids is 1. The van der Waals surface area contributed by atoms with Gasteiger partial charge in [-0.2, -0.15) is 9.97 Å². The van der Waals surface area contributed by atoms with E-state index in [1.54, 1.807) is 13.8 Å². The maximum absolute atomic E-state index is 12.2. The lowest BCUT2D eigenvalue weighted by atomic mass is 10.1. The van der Waals surface area contributed by atoms with Crippen molar-refractivity contribution < 1.29 is 14.6 Å². The van der Waals surface area contributed by atoms with Crippen molar-refractivity contribution in [2.45, 2.75) is 45.7 Å². The van der Waals surface area contributed by atoms with Gasteiger partial charge in [-0.05, 0) is 20.3 Å². The second-order valence-corrected chi connectivity index (χ2v) is 6.23. The first-order valence-corrected chi connectivity index (χ1v) is 8.13. The first-order chi connectivity index (χ1) is 11.8. The second-order valence-electron chi connectivity index (χ2n) is 6.23. The van der Waals surface area contributed by atoms with Crippen LogP contribution < -0.4 is 21.5 Å². The van der Waals surface area contributed by atoms with Gasteiger partial charge in [0.25, 0.3) is 0 Å². The molecule has 5 N–H and O–H groups in total. The van der Waals surface area contributed by atoms with E-state index < -0.39 is 17.2 Å². The molecule has 2 aromatic heterocycles. The number of nitrogens with zero attached hydrogens (tertiary/aromatic N) is 3. The van der Waals surface area contributed by atoms with E-state index in [1.165, 1.54) is 4.57 Å². The zero-order chi connectivity index (χ0) is 18.6. The second kappa shape index (κ2) is 7.51. The molecule has 0 atom stereocenters. The molecule has 2 rings (SSSR count). The number of rotatable bonds is 9. The van der Waals surface area contributed by atoms with Gasteiger partial charge in [-0.15, -0.1) is 0 Å². The number of anilines is 1. The Morgan fingerprint density at radius 3 is 2.80 bits per heavy atom. The van der Waals surface area contributed by atoms with Crippen LogP contribution in [0.15, 0.2) is 4.79 Å². The SMILES string of the molecule is CCCCOc1nc(N)c2[nH]c(=O)n(CCNC(C)(C)C(=O)O)c2n1. The minimum atomic E-state index is -1.10. The van der Waals surface area contributed by atoms with E-state index in [-0.39, 0.29) is 24.9 Å². The van der Waals surface area contributed by atoms with Crippen molar-refractivity contribution in [2.24, 2.45) is 0 Å². The average Bonchev–Trinajstić information content (AvgIpc) is 2.84. The molecule has 0 aliphatic carbocycles. The Balaban J connectivity index is 2.22. The molecule has 0 saturated heterocycles. The summed E-state index contributed by atoms with van der Waals surface area (Å²) in [6.45, 7) is 6.09. The van der Waals surface area contributed by atoms with Crippen LogP contribution in [0.3, 0.4) is 0 Å². The topological polar surface area (TPSA) is 148 Å². The van der Waals surface area contributed by atoms with Crippen molar-refractivity contribution in [3.63, 3.8) is 0 Å². The first kappa shape index (κ1) is 18.7. The van der Waals surface area contributed by atoms with Crippen molar-refractivity contribution >= 4 is 23.0 Å². The third-order valence-corrected chi connectivity index (χ3v) is 3.80. The Bertz CT molecular complexity index is 810. The number of carbonyl (C=O) groups is 1. The number of aromatic nitrogens is 4. The molecular formula is C15H24N6O4. The van der Waals surface area contributed by atoms with E-state index in [9.17, 15) is 9.59 Å². The highest BCUT2D eigenvalue weighted by Crippen LogP contribution is 2.17. The predicted molar refractivity (Wildman–Crippen MR) is 92.7 cm³/mol. The monoisotopic (exact) mass is 352 g/mol. The fourth-order valence-electron chi connectivity index (χ4n) is 2.17. The van der Waals surface area contributed by atoms with Gasteiger partial charge in [0.15, 0.2) is 11.5 Å². The van der Waals surface area contributed by atoms with Crippen molar-refractivity contribution in [2.75, 3.05) is 18.9 Å². The van der Waals surface area contributed by atoms with Crippen molar-refractivity contribution in [1.29, 1.82) is 0 Å². The maximum atomic E-state index is 12.2. The number of nitrogen functional groups attached to an aromatic ring is 1. The Labute approximate surface area is 144 Å². The molecule has 0 spiro atoms. The van der Waals surface area contributed by atoms with E-state index in [4.69, 9.17) is 15.6 Å². The molecule has 10 nitrogen and oxygen atoms in total. The molecular weight excluding hydrogens is 328 g/mol. The number of carboxylic acids is 1. The number of ether oxygens (including phenoxy) is 1. The van der Waals surface area contributed by atoms with Gasteiger partial charge in [-0.25, -0.2) is 4.79 Å². The molecule has 0 amide bonds. The quantitative estimate of drug-likeness (QED) is 0.472. The standard InChI is InChI=1S/C15H24N6O4/c1-4-5-8-25-13-19-10(16)9-11(20-13)21(14(24)18-9)7-6-17-15(2,3)12(22)23/h17H,4-8H2,1-3H3,(H,18,24)(H,22,23)(H2,16,19,20). The van der Waals surface area contributed by atoms with E-state index in [2.05, 4.69) is 20.3 Å². The number of H-pyrrole nitrogens is 1. The summed E-state index contributed by atoms with van der Waals surface area (Å²) in [5.74, 6) is -0.844. The van der Waals surface area contributed by atoms with Gasteiger partial charge in [0.2, 0.25) is 0 Å². The summed E-state index contributed by atoms with van der Waals surface area (Å²) in [6.07, 6.45) is 1.83.